The van der Waals surface area contributed by atoms with Crippen LogP contribution in [-0.4, -0.2) is 42.0 Å². The van der Waals surface area contributed by atoms with E-state index >= 15 is 0 Å². The van der Waals surface area contributed by atoms with E-state index in [4.69, 9.17) is 4.84 Å². The first-order chi connectivity index (χ1) is 14.1. The van der Waals surface area contributed by atoms with Gasteiger partial charge in [0, 0.05) is 37.5 Å². The highest BCUT2D eigenvalue weighted by atomic mass is 16.6. The van der Waals surface area contributed by atoms with E-state index in [2.05, 4.69) is 15.1 Å². The molecular weight excluding hydrogens is 374 g/mol. The third-order valence-electron chi connectivity index (χ3n) is 5.01. The summed E-state index contributed by atoms with van der Waals surface area (Å²) in [5.74, 6) is -1.09. The smallest absolute Gasteiger partial charge is 0.337 e. The second-order valence-electron chi connectivity index (χ2n) is 6.93. The van der Waals surface area contributed by atoms with Crippen LogP contribution in [0, 0.1) is 0 Å². The Morgan fingerprint density at radius 2 is 2.17 bits per heavy atom. The molecule has 4 rings (SSSR count). The van der Waals surface area contributed by atoms with Gasteiger partial charge in [-0.05, 0) is 24.6 Å². The molecule has 0 saturated carbocycles. The predicted molar refractivity (Wildman–Crippen MR) is 106 cm³/mol. The molecule has 4 heterocycles. The molecule has 1 aliphatic heterocycles. The summed E-state index contributed by atoms with van der Waals surface area (Å²) in [7, 11) is 0. The van der Waals surface area contributed by atoms with Gasteiger partial charge in [0.1, 0.15) is 0 Å². The number of nitrogens with zero attached hydrogens (tertiary/aromatic N) is 5. The average Bonchev–Trinajstić information content (AvgIpc) is 3.30. The summed E-state index contributed by atoms with van der Waals surface area (Å²) < 4.78 is 3.10. The Morgan fingerprint density at radius 1 is 1.31 bits per heavy atom. The molecule has 0 spiro atoms. The molecule has 0 aliphatic carbocycles. The van der Waals surface area contributed by atoms with Gasteiger partial charge in [-0.25, -0.2) is 14.6 Å². The molecule has 9 heteroatoms. The Labute approximate surface area is 166 Å². The van der Waals surface area contributed by atoms with Crippen LogP contribution in [0.1, 0.15) is 35.8 Å². The van der Waals surface area contributed by atoms with Crippen molar-refractivity contribution < 1.29 is 14.7 Å². The monoisotopic (exact) mass is 395 g/mol. The number of hydrogen-bond donors (Lipinski definition) is 1. The fourth-order valence-corrected chi connectivity index (χ4v) is 3.46. The lowest BCUT2D eigenvalue weighted by molar-refractivity contribution is 0.0696. The van der Waals surface area contributed by atoms with Crippen LogP contribution in [0.4, 0.5) is 0 Å². The molecule has 150 valence electrons. The number of aryl methyl sites for hydroxylation is 2. The molecule has 0 saturated heterocycles. The van der Waals surface area contributed by atoms with Gasteiger partial charge in [0.15, 0.2) is 11.8 Å². The Bertz CT molecular complexity index is 1130. The molecule has 1 aliphatic rings. The number of aromatic nitrogens is 4. The molecular formula is C20H21N5O4. The number of carboxylic acids is 1. The number of fused-ring (bicyclic) bond motifs is 1. The second kappa shape index (κ2) is 7.86. The minimum Gasteiger partial charge on any atom is -0.478 e. The molecule has 3 aromatic heterocycles. The normalized spacial score (nSPS) is 16.0. The topological polar surface area (TPSA) is 112 Å². The number of hydrogen-bond acceptors (Lipinski definition) is 6. The molecule has 0 fully saturated rings. The number of carboxylic acid groups (broad SMARTS) is 1. The van der Waals surface area contributed by atoms with Crippen LogP contribution >= 0.6 is 0 Å². The SMILES string of the molecule is CCC1=NOC(Cn2c(=O)n(CCc3ccccn3)c3ncc(C(=O)O)cc32)C1. The number of rotatable bonds is 7. The van der Waals surface area contributed by atoms with Crippen molar-refractivity contribution in [2.75, 3.05) is 0 Å². The average molecular weight is 395 g/mol. The molecule has 29 heavy (non-hydrogen) atoms. The van der Waals surface area contributed by atoms with E-state index in [1.54, 1.807) is 10.8 Å². The highest BCUT2D eigenvalue weighted by Crippen LogP contribution is 2.18. The molecule has 3 aromatic rings. The second-order valence-corrected chi connectivity index (χ2v) is 6.93. The minimum absolute atomic E-state index is 0.0333. The van der Waals surface area contributed by atoms with Crippen molar-refractivity contribution in [3.05, 3.63) is 58.4 Å². The summed E-state index contributed by atoms with van der Waals surface area (Å²) in [5, 5.41) is 13.4. The molecule has 0 bridgehead atoms. The fraction of sp³-hybridized carbons (Fsp3) is 0.350. The highest BCUT2D eigenvalue weighted by Gasteiger charge is 2.24. The molecule has 0 amide bonds. The Kier molecular flexibility index (Phi) is 5.11. The summed E-state index contributed by atoms with van der Waals surface area (Å²) in [5.41, 5.74) is 2.52. The summed E-state index contributed by atoms with van der Waals surface area (Å²) in [6.07, 6.45) is 4.73. The van der Waals surface area contributed by atoms with Crippen LogP contribution in [0.15, 0.2) is 46.6 Å². The lowest BCUT2D eigenvalue weighted by atomic mass is 10.1. The van der Waals surface area contributed by atoms with Crippen LogP contribution in [-0.2, 0) is 24.3 Å². The standard InChI is InChI=1S/C20H21N5O4/c1-2-14-10-16(29-23-14)12-25-17-9-13(19(26)27)11-22-18(17)24(20(25)28)8-6-15-5-3-4-7-21-15/h3-5,7,9,11,16H,2,6,8,10,12H2,1H3,(H,26,27). The van der Waals surface area contributed by atoms with Gasteiger partial charge >= 0.3 is 11.7 Å². The first-order valence-electron chi connectivity index (χ1n) is 9.50. The van der Waals surface area contributed by atoms with Crippen molar-refractivity contribution >= 4 is 22.8 Å². The Balaban J connectivity index is 1.70. The Hall–Kier alpha value is -3.49. The quantitative estimate of drug-likeness (QED) is 0.656. The van der Waals surface area contributed by atoms with Crippen LogP contribution in [0.2, 0.25) is 0 Å². The molecule has 9 nitrogen and oxygen atoms in total. The van der Waals surface area contributed by atoms with Crippen molar-refractivity contribution in [3.63, 3.8) is 0 Å². The molecule has 0 radical (unpaired) electrons. The number of aromatic carboxylic acids is 1. The van der Waals surface area contributed by atoms with E-state index < -0.39 is 5.97 Å². The van der Waals surface area contributed by atoms with Gasteiger partial charge in [0.25, 0.3) is 0 Å². The van der Waals surface area contributed by atoms with Gasteiger partial charge in [-0.1, -0.05) is 18.1 Å². The predicted octanol–water partition coefficient (Wildman–Crippen LogP) is 2.09. The van der Waals surface area contributed by atoms with Gasteiger partial charge in [-0.15, -0.1) is 0 Å². The largest absolute Gasteiger partial charge is 0.478 e. The zero-order valence-electron chi connectivity index (χ0n) is 16.0. The number of imidazole rings is 1. The van der Waals surface area contributed by atoms with E-state index in [1.807, 2.05) is 25.1 Å². The maximum absolute atomic E-state index is 13.2. The van der Waals surface area contributed by atoms with E-state index in [0.717, 1.165) is 17.8 Å². The Morgan fingerprint density at radius 3 is 2.86 bits per heavy atom. The van der Waals surface area contributed by atoms with E-state index in [-0.39, 0.29) is 23.9 Å². The maximum Gasteiger partial charge on any atom is 0.337 e. The molecule has 1 atom stereocenters. The van der Waals surface area contributed by atoms with Gasteiger partial charge in [-0.3, -0.25) is 14.1 Å². The van der Waals surface area contributed by atoms with Crippen molar-refractivity contribution in [2.24, 2.45) is 5.16 Å². The number of carbonyl (C=O) groups is 1. The third-order valence-corrected chi connectivity index (χ3v) is 5.01. The lowest BCUT2D eigenvalue weighted by Gasteiger charge is -2.09. The van der Waals surface area contributed by atoms with E-state index in [0.29, 0.717) is 30.6 Å². The minimum atomic E-state index is -1.09. The van der Waals surface area contributed by atoms with E-state index in [1.165, 1.54) is 16.8 Å². The van der Waals surface area contributed by atoms with Crippen LogP contribution in [0.5, 0.6) is 0 Å². The van der Waals surface area contributed by atoms with Gasteiger partial charge in [0.05, 0.1) is 23.3 Å². The zero-order chi connectivity index (χ0) is 20.4. The van der Waals surface area contributed by atoms with Crippen LogP contribution in [0.3, 0.4) is 0 Å². The summed E-state index contributed by atoms with van der Waals surface area (Å²) in [6, 6.07) is 7.12. The molecule has 1 N–H and O–H groups in total. The lowest BCUT2D eigenvalue weighted by Crippen LogP contribution is -2.29. The molecule has 0 aromatic carbocycles. The third kappa shape index (κ3) is 3.75. The van der Waals surface area contributed by atoms with Gasteiger partial charge < -0.3 is 9.94 Å². The summed E-state index contributed by atoms with van der Waals surface area (Å²) in [6.45, 7) is 2.67. The first kappa shape index (κ1) is 18.9. The van der Waals surface area contributed by atoms with Crippen molar-refractivity contribution in [1.29, 1.82) is 0 Å². The van der Waals surface area contributed by atoms with Crippen molar-refractivity contribution in [2.45, 2.75) is 45.4 Å². The van der Waals surface area contributed by atoms with Gasteiger partial charge in [-0.2, -0.15) is 0 Å². The summed E-state index contributed by atoms with van der Waals surface area (Å²) >= 11 is 0. The number of oxime groups is 1. The van der Waals surface area contributed by atoms with Crippen LogP contribution in [0.25, 0.3) is 11.2 Å². The van der Waals surface area contributed by atoms with Gasteiger partial charge in [0.2, 0.25) is 0 Å². The van der Waals surface area contributed by atoms with E-state index in [9.17, 15) is 14.7 Å². The zero-order valence-corrected chi connectivity index (χ0v) is 16.0. The van der Waals surface area contributed by atoms with Crippen LogP contribution < -0.4 is 5.69 Å². The van der Waals surface area contributed by atoms with Crippen molar-refractivity contribution in [3.8, 4) is 0 Å². The highest BCUT2D eigenvalue weighted by molar-refractivity contribution is 5.91. The summed E-state index contributed by atoms with van der Waals surface area (Å²) in [4.78, 5) is 38.6. The first-order valence-corrected chi connectivity index (χ1v) is 9.50. The molecule has 1 unspecified atom stereocenters. The fourth-order valence-electron chi connectivity index (χ4n) is 3.46. The number of pyridine rings is 2. The maximum atomic E-state index is 13.2. The van der Waals surface area contributed by atoms with Crippen molar-refractivity contribution in [1.82, 2.24) is 19.1 Å².